The van der Waals surface area contributed by atoms with Crippen molar-refractivity contribution in [1.29, 1.82) is 0 Å². The molecule has 2 aromatic carbocycles. The molecule has 1 N–H and O–H groups in total. The van der Waals surface area contributed by atoms with Crippen molar-refractivity contribution in [2.24, 2.45) is 0 Å². The molecule has 1 saturated heterocycles. The molecule has 2 aromatic rings. The van der Waals surface area contributed by atoms with Gasteiger partial charge in [0.2, 0.25) is 5.91 Å². The fourth-order valence-corrected chi connectivity index (χ4v) is 6.23. The maximum atomic E-state index is 13.4. The Morgan fingerprint density at radius 3 is 2.48 bits per heavy atom. The molecule has 27 heavy (non-hydrogen) atoms. The number of fused-ring (bicyclic) bond motifs is 3. The lowest BCUT2D eigenvalue weighted by Gasteiger charge is -2.58. The van der Waals surface area contributed by atoms with Crippen molar-refractivity contribution in [3.05, 3.63) is 59.7 Å². The Bertz CT molecular complexity index is 1000. The Labute approximate surface area is 159 Å². The van der Waals surface area contributed by atoms with Crippen LogP contribution in [0.4, 0.5) is 5.69 Å². The summed E-state index contributed by atoms with van der Waals surface area (Å²) >= 11 is 0. The van der Waals surface area contributed by atoms with E-state index in [2.05, 4.69) is 0 Å². The number of para-hydroxylation sites is 1. The van der Waals surface area contributed by atoms with E-state index in [0.29, 0.717) is 11.3 Å². The molecule has 0 aromatic heterocycles. The van der Waals surface area contributed by atoms with Gasteiger partial charge in [0.25, 0.3) is 10.0 Å². The molecule has 142 valence electrons. The van der Waals surface area contributed by atoms with Crippen molar-refractivity contribution in [3.63, 3.8) is 0 Å². The predicted molar refractivity (Wildman–Crippen MR) is 102 cm³/mol. The summed E-state index contributed by atoms with van der Waals surface area (Å²) in [7, 11) is -3.77. The van der Waals surface area contributed by atoms with Crippen LogP contribution < -0.4 is 4.31 Å². The summed E-state index contributed by atoms with van der Waals surface area (Å²) < 4.78 is 28.3. The lowest BCUT2D eigenvalue weighted by molar-refractivity contribution is -0.147. The Balaban J connectivity index is 1.84. The minimum Gasteiger partial charge on any atom is -0.394 e. The van der Waals surface area contributed by atoms with Crippen LogP contribution >= 0.6 is 0 Å². The van der Waals surface area contributed by atoms with E-state index in [0.717, 1.165) is 5.56 Å². The van der Waals surface area contributed by atoms with Gasteiger partial charge >= 0.3 is 0 Å². The number of hydrogen-bond donors (Lipinski definition) is 1. The highest BCUT2D eigenvalue weighted by Gasteiger charge is 2.55. The second-order valence-electron chi connectivity index (χ2n) is 7.13. The third-order valence-electron chi connectivity index (χ3n) is 5.67. The molecule has 1 fully saturated rings. The number of likely N-dealkylation sites (tertiary alicyclic amines) is 1. The van der Waals surface area contributed by atoms with Gasteiger partial charge in [-0.05, 0) is 30.2 Å². The second-order valence-corrected chi connectivity index (χ2v) is 8.96. The van der Waals surface area contributed by atoms with Crippen molar-refractivity contribution in [2.75, 3.05) is 17.5 Å². The van der Waals surface area contributed by atoms with Gasteiger partial charge in [-0.1, -0.05) is 36.4 Å². The fourth-order valence-electron chi connectivity index (χ4n) is 4.49. The second kappa shape index (κ2) is 6.35. The van der Waals surface area contributed by atoms with Gasteiger partial charge in [0.1, 0.15) is 0 Å². The summed E-state index contributed by atoms with van der Waals surface area (Å²) in [6.07, 6.45) is 0. The number of hydrogen-bond acceptors (Lipinski definition) is 4. The first-order valence-electron chi connectivity index (χ1n) is 8.95. The van der Waals surface area contributed by atoms with Crippen molar-refractivity contribution < 1.29 is 18.3 Å². The van der Waals surface area contributed by atoms with Gasteiger partial charge in [0, 0.05) is 12.8 Å². The van der Waals surface area contributed by atoms with Crippen LogP contribution in [-0.4, -0.2) is 49.6 Å². The number of aryl methyl sites for hydroxylation is 1. The summed E-state index contributed by atoms with van der Waals surface area (Å²) in [5.41, 5.74) is 2.17. The molecule has 1 amide bonds. The average molecular weight is 386 g/mol. The van der Waals surface area contributed by atoms with Gasteiger partial charge in [0.15, 0.2) is 0 Å². The first-order valence-corrected chi connectivity index (χ1v) is 10.4. The number of aliphatic hydroxyl groups is 1. The zero-order chi connectivity index (χ0) is 19.3. The van der Waals surface area contributed by atoms with E-state index >= 15 is 0 Å². The molecular weight excluding hydrogens is 364 g/mol. The number of anilines is 1. The van der Waals surface area contributed by atoms with E-state index < -0.39 is 10.0 Å². The number of benzene rings is 2. The number of aliphatic hydroxyl groups excluding tert-OH is 1. The lowest BCUT2D eigenvalue weighted by atomic mass is 9.72. The summed E-state index contributed by atoms with van der Waals surface area (Å²) in [6, 6.07) is 13.7. The Kier molecular flexibility index (Phi) is 4.24. The van der Waals surface area contributed by atoms with E-state index in [4.69, 9.17) is 0 Å². The molecule has 6 nitrogen and oxygen atoms in total. The fraction of sp³-hybridized carbons (Fsp3) is 0.350. The monoisotopic (exact) mass is 386 g/mol. The molecule has 0 aliphatic carbocycles. The maximum Gasteiger partial charge on any atom is 0.264 e. The number of amides is 1. The van der Waals surface area contributed by atoms with Crippen LogP contribution in [0.5, 0.6) is 0 Å². The molecule has 0 spiro atoms. The number of carbonyl (C=O) groups excluding carboxylic acids is 1. The van der Waals surface area contributed by atoms with E-state index in [1.165, 1.54) is 11.2 Å². The number of sulfonamides is 1. The van der Waals surface area contributed by atoms with Crippen LogP contribution in [-0.2, 0) is 14.8 Å². The van der Waals surface area contributed by atoms with E-state index in [1.54, 1.807) is 36.1 Å². The van der Waals surface area contributed by atoms with Gasteiger partial charge < -0.3 is 10.0 Å². The largest absolute Gasteiger partial charge is 0.394 e. The molecule has 2 aliphatic rings. The van der Waals surface area contributed by atoms with Gasteiger partial charge in [-0.25, -0.2) is 8.42 Å². The Morgan fingerprint density at radius 2 is 1.81 bits per heavy atom. The third kappa shape index (κ3) is 2.56. The number of nitrogens with zero attached hydrogens (tertiary/aromatic N) is 2. The maximum absolute atomic E-state index is 13.4. The standard InChI is InChI=1S/C20H22N2O4S/c1-13-7-3-6-10-19(13)27(25,26)21-11-17-20(15-8-4-5-9-16(15)21)18(12-23)22(17)14(2)24/h3-10,17-18,20,23H,11-12H2,1-2H3/t17-,18-,20+/m0/s1. The van der Waals surface area contributed by atoms with Crippen molar-refractivity contribution in [2.45, 2.75) is 36.7 Å². The molecule has 0 bridgehead atoms. The quantitative estimate of drug-likeness (QED) is 0.874. The molecule has 0 saturated carbocycles. The molecule has 0 unspecified atom stereocenters. The Morgan fingerprint density at radius 1 is 1.15 bits per heavy atom. The topological polar surface area (TPSA) is 77.9 Å². The summed E-state index contributed by atoms with van der Waals surface area (Å²) in [4.78, 5) is 14.0. The zero-order valence-electron chi connectivity index (χ0n) is 15.2. The minimum absolute atomic E-state index is 0.0570. The van der Waals surface area contributed by atoms with Crippen LogP contribution in [0.2, 0.25) is 0 Å². The third-order valence-corrected chi connectivity index (χ3v) is 7.61. The zero-order valence-corrected chi connectivity index (χ0v) is 16.1. The summed E-state index contributed by atoms with van der Waals surface area (Å²) in [5, 5.41) is 9.78. The molecule has 0 radical (unpaired) electrons. The molecule has 7 heteroatoms. The highest BCUT2D eigenvalue weighted by molar-refractivity contribution is 7.92. The van der Waals surface area contributed by atoms with Gasteiger partial charge in [-0.15, -0.1) is 0 Å². The number of rotatable bonds is 3. The SMILES string of the molecule is CC(=O)N1[C@@H](CO)[C@@H]2c3ccccc3N(S(=O)(=O)c3ccccc3C)C[C@@H]21. The van der Waals surface area contributed by atoms with E-state index in [1.807, 2.05) is 24.3 Å². The van der Waals surface area contributed by atoms with Crippen LogP contribution in [0, 0.1) is 6.92 Å². The molecule has 4 rings (SSSR count). The molecular formula is C20H22N2O4S. The highest BCUT2D eigenvalue weighted by atomic mass is 32.2. The van der Waals surface area contributed by atoms with Crippen LogP contribution in [0.3, 0.4) is 0 Å². The van der Waals surface area contributed by atoms with Gasteiger partial charge in [-0.3, -0.25) is 9.10 Å². The Hall–Kier alpha value is -2.38. The number of carbonyl (C=O) groups is 1. The van der Waals surface area contributed by atoms with Crippen molar-refractivity contribution >= 4 is 21.6 Å². The normalized spacial score (nSPS) is 24.0. The highest BCUT2D eigenvalue weighted by Crippen LogP contribution is 2.49. The lowest BCUT2D eigenvalue weighted by Crippen LogP contribution is -2.70. The molecule has 3 atom stereocenters. The summed E-state index contributed by atoms with van der Waals surface area (Å²) in [5.74, 6) is -0.207. The minimum atomic E-state index is -3.77. The van der Waals surface area contributed by atoms with Crippen molar-refractivity contribution in [3.8, 4) is 0 Å². The van der Waals surface area contributed by atoms with Crippen LogP contribution in [0.1, 0.15) is 24.0 Å². The molecule has 2 heterocycles. The van der Waals surface area contributed by atoms with Crippen LogP contribution in [0.15, 0.2) is 53.4 Å². The van der Waals surface area contributed by atoms with Crippen LogP contribution in [0.25, 0.3) is 0 Å². The predicted octanol–water partition coefficient (Wildman–Crippen LogP) is 1.88. The van der Waals surface area contributed by atoms with Gasteiger partial charge in [-0.2, -0.15) is 0 Å². The van der Waals surface area contributed by atoms with Gasteiger partial charge in [0.05, 0.1) is 35.8 Å². The van der Waals surface area contributed by atoms with E-state index in [9.17, 15) is 18.3 Å². The first-order chi connectivity index (χ1) is 12.9. The van der Waals surface area contributed by atoms with E-state index in [-0.39, 0.29) is 42.0 Å². The summed E-state index contributed by atoms with van der Waals surface area (Å²) in [6.45, 7) is 3.28. The average Bonchev–Trinajstić information content (AvgIpc) is 2.61. The molecule has 2 aliphatic heterocycles. The smallest absolute Gasteiger partial charge is 0.264 e. The first kappa shape index (κ1) is 18.0. The van der Waals surface area contributed by atoms with Crippen molar-refractivity contribution in [1.82, 2.24) is 4.90 Å².